The molecule has 0 fully saturated rings. The number of aliphatic imine (C=N–C) groups is 2. The summed E-state index contributed by atoms with van der Waals surface area (Å²) in [4.78, 5) is 8.52. The number of rotatable bonds is 0. The summed E-state index contributed by atoms with van der Waals surface area (Å²) < 4.78 is 0. The SMILES string of the molecule is CC1=NC2C=CC=CC2=N1.[Ag]. The minimum Gasteiger partial charge on any atom is -0.257 e. The number of amidine groups is 1. The number of allylic oxidation sites excluding steroid dienone is 2. The Labute approximate surface area is 81.3 Å². The largest absolute Gasteiger partial charge is 0.257 e. The van der Waals surface area contributed by atoms with Gasteiger partial charge in [0.2, 0.25) is 0 Å². The summed E-state index contributed by atoms with van der Waals surface area (Å²) >= 11 is 0. The minimum absolute atomic E-state index is 0. The molecule has 1 aliphatic heterocycles. The van der Waals surface area contributed by atoms with E-state index in [1.807, 2.05) is 25.2 Å². The molecule has 2 nitrogen and oxygen atoms in total. The van der Waals surface area contributed by atoms with Crippen LogP contribution in [0.5, 0.6) is 0 Å². The van der Waals surface area contributed by atoms with Crippen molar-refractivity contribution in [1.82, 2.24) is 0 Å². The molecule has 1 heterocycles. The van der Waals surface area contributed by atoms with Crippen LogP contribution in [0.1, 0.15) is 6.92 Å². The Morgan fingerprint density at radius 1 is 1.36 bits per heavy atom. The zero-order chi connectivity index (χ0) is 6.97. The van der Waals surface area contributed by atoms with Crippen molar-refractivity contribution in [3.8, 4) is 0 Å². The third-order valence-electron chi connectivity index (χ3n) is 1.59. The van der Waals surface area contributed by atoms with E-state index in [0.717, 1.165) is 11.5 Å². The van der Waals surface area contributed by atoms with Crippen LogP contribution in [-0.4, -0.2) is 17.6 Å². The molecule has 1 radical (unpaired) electrons. The number of hydrogen-bond donors (Lipinski definition) is 0. The van der Waals surface area contributed by atoms with E-state index in [4.69, 9.17) is 0 Å². The van der Waals surface area contributed by atoms with Crippen molar-refractivity contribution >= 4 is 11.5 Å². The Morgan fingerprint density at radius 2 is 2.18 bits per heavy atom. The summed E-state index contributed by atoms with van der Waals surface area (Å²) in [6.45, 7) is 1.92. The molecule has 0 saturated heterocycles. The van der Waals surface area contributed by atoms with Gasteiger partial charge in [0.1, 0.15) is 11.9 Å². The molecule has 1 unspecified atom stereocenters. The van der Waals surface area contributed by atoms with E-state index in [2.05, 4.69) is 16.1 Å². The maximum Gasteiger partial charge on any atom is 0.121 e. The molecule has 0 amide bonds. The normalized spacial score (nSPS) is 25.4. The quantitative estimate of drug-likeness (QED) is 0.571. The first-order valence-electron chi connectivity index (χ1n) is 3.34. The van der Waals surface area contributed by atoms with Crippen molar-refractivity contribution in [2.75, 3.05) is 0 Å². The summed E-state index contributed by atoms with van der Waals surface area (Å²) in [7, 11) is 0. The summed E-state index contributed by atoms with van der Waals surface area (Å²) in [6.07, 6.45) is 8.05. The molecule has 0 aromatic rings. The van der Waals surface area contributed by atoms with Crippen molar-refractivity contribution in [2.45, 2.75) is 13.0 Å². The van der Waals surface area contributed by atoms with Gasteiger partial charge < -0.3 is 0 Å². The third kappa shape index (κ3) is 1.59. The van der Waals surface area contributed by atoms with Gasteiger partial charge in [0.25, 0.3) is 0 Å². The van der Waals surface area contributed by atoms with Gasteiger partial charge in [-0.25, -0.2) is 4.99 Å². The van der Waals surface area contributed by atoms with Crippen molar-refractivity contribution < 1.29 is 22.4 Å². The fourth-order valence-corrected chi connectivity index (χ4v) is 1.15. The molecular weight excluding hydrogens is 232 g/mol. The van der Waals surface area contributed by atoms with Gasteiger partial charge in [0.05, 0.1) is 5.71 Å². The summed E-state index contributed by atoms with van der Waals surface area (Å²) in [5.41, 5.74) is 1.07. The standard InChI is InChI=1S/C8H8N2.Ag/c1-6-9-7-4-2-3-5-8(7)10-6;/h2-5,7H,1H3;. The Balaban J connectivity index is 0.000000605. The van der Waals surface area contributed by atoms with Crippen LogP contribution in [-0.2, 0) is 22.4 Å². The Kier molecular flexibility index (Phi) is 2.60. The molecule has 0 spiro atoms. The molecule has 1 aliphatic carbocycles. The molecule has 11 heavy (non-hydrogen) atoms. The fourth-order valence-electron chi connectivity index (χ4n) is 1.15. The first-order chi connectivity index (χ1) is 4.86. The minimum atomic E-state index is 0. The number of nitrogens with zero attached hydrogens (tertiary/aromatic N) is 2. The molecule has 0 bridgehead atoms. The van der Waals surface area contributed by atoms with E-state index in [1.54, 1.807) is 0 Å². The molecule has 0 aromatic heterocycles. The molecular formula is C8H8AgN2. The zero-order valence-electron chi connectivity index (χ0n) is 6.08. The maximum atomic E-state index is 4.29. The average molecular weight is 240 g/mol. The van der Waals surface area contributed by atoms with E-state index in [0.29, 0.717) is 0 Å². The van der Waals surface area contributed by atoms with E-state index in [-0.39, 0.29) is 28.4 Å². The van der Waals surface area contributed by atoms with Crippen LogP contribution in [0.2, 0.25) is 0 Å². The van der Waals surface area contributed by atoms with E-state index >= 15 is 0 Å². The smallest absolute Gasteiger partial charge is 0.121 e. The average Bonchev–Trinajstić information content (AvgIpc) is 2.27. The van der Waals surface area contributed by atoms with Gasteiger partial charge in [-0.2, -0.15) is 0 Å². The molecule has 0 saturated carbocycles. The van der Waals surface area contributed by atoms with Gasteiger partial charge in [0.15, 0.2) is 0 Å². The number of hydrogen-bond acceptors (Lipinski definition) is 2. The molecule has 0 aromatic carbocycles. The third-order valence-corrected chi connectivity index (χ3v) is 1.59. The van der Waals surface area contributed by atoms with Crippen LogP contribution in [0.25, 0.3) is 0 Å². The van der Waals surface area contributed by atoms with E-state index < -0.39 is 0 Å². The summed E-state index contributed by atoms with van der Waals surface area (Å²) in [5.74, 6) is 0.885. The van der Waals surface area contributed by atoms with Gasteiger partial charge >= 0.3 is 0 Å². The second-order valence-electron chi connectivity index (χ2n) is 2.40. The van der Waals surface area contributed by atoms with Crippen molar-refractivity contribution in [1.29, 1.82) is 0 Å². The van der Waals surface area contributed by atoms with Crippen LogP contribution in [0, 0.1) is 0 Å². The maximum absolute atomic E-state index is 4.29. The number of fused-ring (bicyclic) bond motifs is 1. The van der Waals surface area contributed by atoms with Crippen molar-refractivity contribution in [3.63, 3.8) is 0 Å². The molecule has 1 atom stereocenters. The Morgan fingerprint density at radius 3 is 2.91 bits per heavy atom. The predicted octanol–water partition coefficient (Wildman–Crippen LogP) is 1.35. The Hall–Kier alpha value is -0.440. The topological polar surface area (TPSA) is 24.7 Å². The molecule has 2 rings (SSSR count). The fraction of sp³-hybridized carbons (Fsp3) is 0.250. The van der Waals surface area contributed by atoms with Gasteiger partial charge in [-0.15, -0.1) is 0 Å². The van der Waals surface area contributed by atoms with Crippen molar-refractivity contribution in [3.05, 3.63) is 24.3 Å². The first-order valence-corrected chi connectivity index (χ1v) is 3.34. The molecule has 3 heteroatoms. The molecule has 2 aliphatic rings. The molecule has 61 valence electrons. The van der Waals surface area contributed by atoms with Gasteiger partial charge in [-0.3, -0.25) is 4.99 Å². The van der Waals surface area contributed by atoms with E-state index in [9.17, 15) is 0 Å². The van der Waals surface area contributed by atoms with Crippen LogP contribution in [0.15, 0.2) is 34.3 Å². The van der Waals surface area contributed by atoms with Crippen LogP contribution in [0.3, 0.4) is 0 Å². The summed E-state index contributed by atoms with van der Waals surface area (Å²) in [6, 6.07) is 0.213. The van der Waals surface area contributed by atoms with Crippen LogP contribution < -0.4 is 0 Å². The second kappa shape index (κ2) is 3.30. The molecule has 0 N–H and O–H groups in total. The van der Waals surface area contributed by atoms with Crippen LogP contribution >= 0.6 is 0 Å². The van der Waals surface area contributed by atoms with Gasteiger partial charge in [-0.1, -0.05) is 18.2 Å². The second-order valence-corrected chi connectivity index (χ2v) is 2.40. The van der Waals surface area contributed by atoms with Gasteiger partial charge in [-0.05, 0) is 13.0 Å². The predicted molar refractivity (Wildman–Crippen MR) is 42.6 cm³/mol. The first kappa shape index (κ1) is 8.65. The van der Waals surface area contributed by atoms with E-state index in [1.165, 1.54) is 0 Å². The van der Waals surface area contributed by atoms with Crippen LogP contribution in [0.4, 0.5) is 0 Å². The Bertz CT molecular complexity index is 274. The monoisotopic (exact) mass is 239 g/mol. The zero-order valence-corrected chi connectivity index (χ0v) is 7.56. The summed E-state index contributed by atoms with van der Waals surface area (Å²) in [5, 5.41) is 0. The van der Waals surface area contributed by atoms with Crippen molar-refractivity contribution in [2.24, 2.45) is 9.98 Å². The van der Waals surface area contributed by atoms with Gasteiger partial charge in [0, 0.05) is 22.4 Å².